The normalized spacial score (nSPS) is 22.0. The number of aliphatic hydroxyl groups excluding tert-OH is 1. The smallest absolute Gasteiger partial charge is 0.110 e. The lowest BCUT2D eigenvalue weighted by atomic mass is 9.73. The van der Waals surface area contributed by atoms with E-state index in [2.05, 4.69) is 38.1 Å². The van der Waals surface area contributed by atoms with Gasteiger partial charge in [0.05, 0.1) is 5.41 Å². The molecule has 0 aliphatic heterocycles. The molecule has 0 unspecified atom stereocenters. The minimum atomic E-state index is -0.475. The fraction of sp³-hybridized carbons (Fsp3) is 0.200. The third-order valence-corrected chi connectivity index (χ3v) is 4.68. The molecule has 106 valence electrons. The summed E-state index contributed by atoms with van der Waals surface area (Å²) in [6, 6.07) is 20.6. The maximum atomic E-state index is 10.8. The number of allylic oxidation sites excluding steroid dienone is 3. The largest absolute Gasteiger partial charge is 0.511 e. The van der Waals surface area contributed by atoms with Gasteiger partial charge in [0.25, 0.3) is 0 Å². The van der Waals surface area contributed by atoms with Crippen molar-refractivity contribution in [1.29, 1.82) is 0 Å². The molecule has 0 aromatic heterocycles. The van der Waals surface area contributed by atoms with E-state index in [0.717, 1.165) is 11.1 Å². The Bertz CT molecular complexity index is 723. The molecule has 21 heavy (non-hydrogen) atoms. The standard InChI is InChI=1S/C20H20O/c1-14-15(2)19(21)20(3,17-12-8-5-9-13-17)18(14)16-10-6-4-7-11-16/h4-13,21H,1-3H3/t20-/m1/s1. The Morgan fingerprint density at radius 3 is 1.86 bits per heavy atom. The van der Waals surface area contributed by atoms with Gasteiger partial charge in [0, 0.05) is 0 Å². The summed E-state index contributed by atoms with van der Waals surface area (Å²) in [5.41, 5.74) is 5.17. The first-order valence-corrected chi connectivity index (χ1v) is 7.29. The van der Waals surface area contributed by atoms with Gasteiger partial charge >= 0.3 is 0 Å². The van der Waals surface area contributed by atoms with Gasteiger partial charge < -0.3 is 5.11 Å². The van der Waals surface area contributed by atoms with Crippen molar-refractivity contribution in [3.63, 3.8) is 0 Å². The van der Waals surface area contributed by atoms with E-state index in [1.807, 2.05) is 43.3 Å². The highest BCUT2D eigenvalue weighted by atomic mass is 16.3. The maximum Gasteiger partial charge on any atom is 0.110 e. The van der Waals surface area contributed by atoms with E-state index in [1.165, 1.54) is 16.7 Å². The third-order valence-electron chi connectivity index (χ3n) is 4.68. The molecule has 2 aromatic rings. The van der Waals surface area contributed by atoms with Gasteiger partial charge in [-0.1, -0.05) is 60.7 Å². The average Bonchev–Trinajstić information content (AvgIpc) is 2.71. The molecule has 0 heterocycles. The molecule has 1 aliphatic rings. The molecule has 0 bridgehead atoms. The van der Waals surface area contributed by atoms with Crippen LogP contribution in [0.25, 0.3) is 5.57 Å². The van der Waals surface area contributed by atoms with Gasteiger partial charge in [0.15, 0.2) is 0 Å². The zero-order valence-electron chi connectivity index (χ0n) is 12.7. The Balaban J connectivity index is 2.27. The van der Waals surface area contributed by atoms with Crippen LogP contribution in [0.5, 0.6) is 0 Å². The van der Waals surface area contributed by atoms with Gasteiger partial charge in [-0.05, 0) is 48.6 Å². The van der Waals surface area contributed by atoms with Gasteiger partial charge in [0.1, 0.15) is 5.76 Å². The van der Waals surface area contributed by atoms with Crippen molar-refractivity contribution in [2.75, 3.05) is 0 Å². The van der Waals surface area contributed by atoms with Crippen molar-refractivity contribution in [2.45, 2.75) is 26.2 Å². The summed E-state index contributed by atoms with van der Waals surface area (Å²) in [6.07, 6.45) is 0. The summed E-state index contributed by atoms with van der Waals surface area (Å²) < 4.78 is 0. The first-order valence-electron chi connectivity index (χ1n) is 7.29. The lowest BCUT2D eigenvalue weighted by Crippen LogP contribution is -2.24. The zero-order valence-corrected chi connectivity index (χ0v) is 12.7. The van der Waals surface area contributed by atoms with Gasteiger partial charge in [-0.2, -0.15) is 0 Å². The van der Waals surface area contributed by atoms with Crippen LogP contribution in [0.2, 0.25) is 0 Å². The van der Waals surface area contributed by atoms with Crippen molar-refractivity contribution in [1.82, 2.24) is 0 Å². The molecule has 0 fully saturated rings. The Morgan fingerprint density at radius 1 is 0.762 bits per heavy atom. The van der Waals surface area contributed by atoms with Crippen LogP contribution in [0.15, 0.2) is 77.6 Å². The molecular formula is C20H20O. The molecule has 1 aliphatic carbocycles. The summed E-state index contributed by atoms with van der Waals surface area (Å²) in [5, 5.41) is 10.8. The van der Waals surface area contributed by atoms with E-state index in [1.54, 1.807) is 0 Å². The number of rotatable bonds is 2. The topological polar surface area (TPSA) is 20.2 Å². The SMILES string of the molecule is CC1=C(O)[C@](C)(c2ccccc2)C(c2ccccc2)=C1C. The second-order valence-corrected chi connectivity index (χ2v) is 5.83. The molecule has 0 radical (unpaired) electrons. The Morgan fingerprint density at radius 2 is 1.29 bits per heavy atom. The van der Waals surface area contributed by atoms with Gasteiger partial charge in [0.2, 0.25) is 0 Å². The summed E-state index contributed by atoms with van der Waals surface area (Å²) in [5.74, 6) is 0.463. The quantitative estimate of drug-likeness (QED) is 0.792. The molecule has 0 amide bonds. The van der Waals surface area contributed by atoms with Gasteiger partial charge in [-0.15, -0.1) is 0 Å². The summed E-state index contributed by atoms with van der Waals surface area (Å²) in [4.78, 5) is 0. The van der Waals surface area contributed by atoms with E-state index in [0.29, 0.717) is 5.76 Å². The zero-order chi connectivity index (χ0) is 15.0. The minimum Gasteiger partial charge on any atom is -0.511 e. The molecule has 0 spiro atoms. The van der Waals surface area contributed by atoms with Gasteiger partial charge in [-0.3, -0.25) is 0 Å². The van der Waals surface area contributed by atoms with Crippen molar-refractivity contribution < 1.29 is 5.11 Å². The lowest BCUT2D eigenvalue weighted by molar-refractivity contribution is 0.345. The van der Waals surface area contributed by atoms with E-state index in [-0.39, 0.29) is 0 Å². The molecule has 1 atom stereocenters. The van der Waals surface area contributed by atoms with Crippen LogP contribution >= 0.6 is 0 Å². The molecule has 3 rings (SSSR count). The van der Waals surface area contributed by atoms with Crippen LogP contribution < -0.4 is 0 Å². The van der Waals surface area contributed by atoms with Crippen molar-refractivity contribution >= 4 is 5.57 Å². The molecule has 2 aromatic carbocycles. The second-order valence-electron chi connectivity index (χ2n) is 5.83. The fourth-order valence-corrected chi connectivity index (χ4v) is 3.40. The first kappa shape index (κ1) is 13.7. The number of hydrogen-bond acceptors (Lipinski definition) is 1. The summed E-state index contributed by atoms with van der Waals surface area (Å²) in [7, 11) is 0. The molecule has 1 heteroatoms. The van der Waals surface area contributed by atoms with E-state index in [4.69, 9.17) is 0 Å². The maximum absolute atomic E-state index is 10.8. The summed E-state index contributed by atoms with van der Waals surface area (Å²) in [6.45, 7) is 6.21. The first-order chi connectivity index (χ1) is 10.1. The second kappa shape index (κ2) is 4.92. The van der Waals surface area contributed by atoms with Gasteiger partial charge in [-0.25, -0.2) is 0 Å². The minimum absolute atomic E-state index is 0.463. The molecule has 0 saturated carbocycles. The van der Waals surface area contributed by atoms with Crippen LogP contribution in [0, 0.1) is 0 Å². The monoisotopic (exact) mass is 276 g/mol. The van der Waals surface area contributed by atoms with Crippen molar-refractivity contribution in [3.8, 4) is 0 Å². The Labute approximate surface area is 126 Å². The van der Waals surface area contributed by atoms with E-state index < -0.39 is 5.41 Å². The fourth-order valence-electron chi connectivity index (χ4n) is 3.40. The average molecular weight is 276 g/mol. The van der Waals surface area contributed by atoms with Crippen LogP contribution in [0.1, 0.15) is 31.9 Å². The predicted octanol–water partition coefficient (Wildman–Crippen LogP) is 5.26. The Kier molecular flexibility index (Phi) is 3.21. The highest BCUT2D eigenvalue weighted by molar-refractivity contribution is 5.86. The molecule has 1 N–H and O–H groups in total. The Hall–Kier alpha value is -2.28. The van der Waals surface area contributed by atoms with Crippen molar-refractivity contribution in [3.05, 3.63) is 88.7 Å². The molecule has 1 nitrogen and oxygen atoms in total. The summed E-state index contributed by atoms with van der Waals surface area (Å²) >= 11 is 0. The number of aliphatic hydroxyl groups is 1. The lowest BCUT2D eigenvalue weighted by Gasteiger charge is -2.30. The molecule has 0 saturated heterocycles. The highest BCUT2D eigenvalue weighted by Crippen LogP contribution is 2.51. The van der Waals surface area contributed by atoms with Crippen LogP contribution in [0.4, 0.5) is 0 Å². The van der Waals surface area contributed by atoms with E-state index in [9.17, 15) is 5.11 Å². The number of hydrogen-bond donors (Lipinski definition) is 1. The van der Waals surface area contributed by atoms with Crippen molar-refractivity contribution in [2.24, 2.45) is 0 Å². The van der Waals surface area contributed by atoms with Crippen LogP contribution in [-0.2, 0) is 5.41 Å². The highest BCUT2D eigenvalue weighted by Gasteiger charge is 2.43. The van der Waals surface area contributed by atoms with E-state index >= 15 is 0 Å². The van der Waals surface area contributed by atoms with Crippen LogP contribution in [-0.4, -0.2) is 5.11 Å². The number of benzene rings is 2. The predicted molar refractivity (Wildman–Crippen MR) is 88.2 cm³/mol. The molecular weight excluding hydrogens is 256 g/mol. The third kappa shape index (κ3) is 1.92. The van der Waals surface area contributed by atoms with Crippen LogP contribution in [0.3, 0.4) is 0 Å².